The summed E-state index contributed by atoms with van der Waals surface area (Å²) in [4.78, 5) is 23.3. The monoisotopic (exact) mass is 566 g/mol. The molecule has 2 aromatic heterocycles. The van der Waals surface area contributed by atoms with Crippen molar-refractivity contribution in [3.63, 3.8) is 0 Å². The molecule has 2 bridgehead atoms. The van der Waals surface area contributed by atoms with Crippen molar-refractivity contribution in [2.45, 2.75) is 63.6 Å². The first-order chi connectivity index (χ1) is 20.4. The van der Waals surface area contributed by atoms with Gasteiger partial charge in [-0.05, 0) is 86.3 Å². The van der Waals surface area contributed by atoms with Crippen LogP contribution in [0.3, 0.4) is 0 Å². The normalized spacial score (nSPS) is 23.4. The molecule has 1 saturated heterocycles. The Bertz CT molecular complexity index is 1700. The third-order valence-corrected chi connectivity index (χ3v) is 10.6. The average Bonchev–Trinajstić information content (AvgIpc) is 3.90. The predicted molar refractivity (Wildman–Crippen MR) is 167 cm³/mol. The number of carbonyl (C=O) groups is 1. The molecule has 1 amide bonds. The minimum atomic E-state index is 0.0336. The van der Waals surface area contributed by atoms with Crippen LogP contribution in [0.15, 0.2) is 36.4 Å². The molecule has 0 radical (unpaired) electrons. The van der Waals surface area contributed by atoms with Gasteiger partial charge in [-0.1, -0.05) is 12.8 Å². The van der Waals surface area contributed by atoms with Gasteiger partial charge in [-0.15, -0.1) is 0 Å². The topological polar surface area (TPSA) is 81.6 Å². The van der Waals surface area contributed by atoms with Crippen molar-refractivity contribution in [2.24, 2.45) is 30.5 Å². The molecule has 220 valence electrons. The van der Waals surface area contributed by atoms with Gasteiger partial charge < -0.3 is 29.4 Å². The molecule has 8 heteroatoms. The Morgan fingerprint density at radius 2 is 1.88 bits per heavy atom. The van der Waals surface area contributed by atoms with Crippen LogP contribution in [0.1, 0.15) is 55.3 Å². The molecule has 3 saturated carbocycles. The van der Waals surface area contributed by atoms with Crippen LogP contribution in [0.5, 0.6) is 5.75 Å². The van der Waals surface area contributed by atoms with Crippen LogP contribution in [-0.2, 0) is 13.6 Å². The highest BCUT2D eigenvalue weighted by Crippen LogP contribution is 2.41. The summed E-state index contributed by atoms with van der Waals surface area (Å²) in [6.45, 7) is 2.84. The van der Waals surface area contributed by atoms with Crippen molar-refractivity contribution >= 4 is 33.5 Å². The van der Waals surface area contributed by atoms with Gasteiger partial charge in [-0.3, -0.25) is 4.79 Å². The molecule has 0 spiro atoms. The summed E-state index contributed by atoms with van der Waals surface area (Å²) in [7, 11) is 5.95. The number of hydrogen-bond donors (Lipinski definition) is 1. The molecule has 2 N–H and O–H groups in total. The number of aromatic nitrogens is 3. The van der Waals surface area contributed by atoms with Crippen LogP contribution in [0, 0.1) is 17.8 Å². The highest BCUT2D eigenvalue weighted by atomic mass is 16.5. The van der Waals surface area contributed by atoms with Gasteiger partial charge in [0.1, 0.15) is 11.3 Å². The highest BCUT2D eigenvalue weighted by Gasteiger charge is 2.47. The van der Waals surface area contributed by atoms with Crippen molar-refractivity contribution in [1.82, 2.24) is 19.0 Å². The highest BCUT2D eigenvalue weighted by molar-refractivity contribution is 6.00. The van der Waals surface area contributed by atoms with E-state index in [2.05, 4.69) is 52.4 Å². The zero-order chi connectivity index (χ0) is 28.7. The maximum absolute atomic E-state index is 13.7. The van der Waals surface area contributed by atoms with Crippen LogP contribution in [-0.4, -0.2) is 64.3 Å². The van der Waals surface area contributed by atoms with Gasteiger partial charge in [0.05, 0.1) is 18.3 Å². The standard InChI is InChI=1S/C34H42N6O2/c1-37(13-12-20-4-5-20)25-9-11-27-23(14-25)16-29(39(27)18-21-6-7-21)33-36-26-15-24(17-30(42-3)32(26)38(33)2)34(41)40-19-22-8-10-28(40)31(22)35/h9,11,14-17,20-22,28,31H,4-8,10,12-13,18-19,35H2,1-3H3/t22-,28?,31+/m1/s1. The molecule has 3 aliphatic carbocycles. The summed E-state index contributed by atoms with van der Waals surface area (Å²) in [6.07, 6.45) is 8.75. The number of anilines is 1. The largest absolute Gasteiger partial charge is 0.494 e. The Kier molecular flexibility index (Phi) is 6.07. The molecular weight excluding hydrogens is 524 g/mol. The summed E-state index contributed by atoms with van der Waals surface area (Å²) < 4.78 is 10.5. The lowest BCUT2D eigenvalue weighted by Gasteiger charge is -2.27. The van der Waals surface area contributed by atoms with Gasteiger partial charge in [-0.2, -0.15) is 0 Å². The minimum absolute atomic E-state index is 0.0336. The molecule has 3 atom stereocenters. The van der Waals surface area contributed by atoms with Gasteiger partial charge in [-0.25, -0.2) is 4.98 Å². The van der Waals surface area contributed by atoms with E-state index < -0.39 is 0 Å². The number of carbonyl (C=O) groups excluding carboxylic acids is 1. The summed E-state index contributed by atoms with van der Waals surface area (Å²) in [5, 5.41) is 1.25. The number of benzene rings is 2. The Labute approximate surface area is 247 Å². The maximum Gasteiger partial charge on any atom is 0.254 e. The molecule has 42 heavy (non-hydrogen) atoms. The number of hydrogen-bond acceptors (Lipinski definition) is 5. The van der Waals surface area contributed by atoms with Gasteiger partial charge in [0.2, 0.25) is 0 Å². The van der Waals surface area contributed by atoms with E-state index in [1.54, 1.807) is 7.11 Å². The zero-order valence-corrected chi connectivity index (χ0v) is 25.1. The lowest BCUT2D eigenvalue weighted by atomic mass is 10.1. The first-order valence-corrected chi connectivity index (χ1v) is 15.9. The van der Waals surface area contributed by atoms with E-state index in [1.807, 2.05) is 17.0 Å². The second-order valence-electron chi connectivity index (χ2n) is 13.5. The number of piperidine rings is 1. The SMILES string of the molecule is COc1cc(C(=O)N2C[C@H]3CCC2[C@H]3N)cc2nc(-c3cc4cc(N(C)CCC5CC5)ccc4n3CC3CC3)n(C)c12. The van der Waals surface area contributed by atoms with E-state index in [-0.39, 0.29) is 18.0 Å². The number of aryl methyl sites for hydroxylation is 1. The van der Waals surface area contributed by atoms with Crippen molar-refractivity contribution in [2.75, 3.05) is 32.1 Å². The smallest absolute Gasteiger partial charge is 0.254 e. The molecule has 8 rings (SSSR count). The van der Waals surface area contributed by atoms with Crippen molar-refractivity contribution in [3.8, 4) is 17.3 Å². The third kappa shape index (κ3) is 4.29. The molecule has 1 aliphatic heterocycles. The number of imidazole rings is 1. The van der Waals surface area contributed by atoms with E-state index in [1.165, 1.54) is 48.7 Å². The fourth-order valence-corrected chi connectivity index (χ4v) is 7.61. The second kappa shape index (κ2) is 9.76. The lowest BCUT2D eigenvalue weighted by Crippen LogP contribution is -2.41. The summed E-state index contributed by atoms with van der Waals surface area (Å²) >= 11 is 0. The molecule has 4 aliphatic rings. The quantitative estimate of drug-likeness (QED) is 0.293. The van der Waals surface area contributed by atoms with Crippen molar-refractivity contribution in [3.05, 3.63) is 42.0 Å². The number of rotatable bonds is 9. The number of methoxy groups -OCH3 is 1. The first kappa shape index (κ1) is 26.1. The van der Waals surface area contributed by atoms with E-state index in [4.69, 9.17) is 15.5 Å². The van der Waals surface area contributed by atoms with Crippen molar-refractivity contribution in [1.29, 1.82) is 0 Å². The molecule has 1 unspecified atom stereocenters. The Balaban J connectivity index is 1.19. The number of amides is 1. The summed E-state index contributed by atoms with van der Waals surface area (Å²) in [5.41, 5.74) is 12.4. The van der Waals surface area contributed by atoms with Crippen LogP contribution in [0.4, 0.5) is 5.69 Å². The minimum Gasteiger partial charge on any atom is -0.494 e. The van der Waals surface area contributed by atoms with Crippen LogP contribution >= 0.6 is 0 Å². The van der Waals surface area contributed by atoms with Crippen LogP contribution < -0.4 is 15.4 Å². The first-order valence-electron chi connectivity index (χ1n) is 15.9. The van der Waals surface area contributed by atoms with Crippen molar-refractivity contribution < 1.29 is 9.53 Å². The number of fused-ring (bicyclic) bond motifs is 4. The average molecular weight is 567 g/mol. The third-order valence-electron chi connectivity index (χ3n) is 10.6. The molecular formula is C34H42N6O2. The van der Waals surface area contributed by atoms with Crippen LogP contribution in [0.25, 0.3) is 33.5 Å². The number of nitrogens with zero attached hydrogens (tertiary/aromatic N) is 5. The maximum atomic E-state index is 13.7. The van der Waals surface area contributed by atoms with E-state index >= 15 is 0 Å². The molecule has 2 aromatic carbocycles. The fourth-order valence-electron chi connectivity index (χ4n) is 7.61. The zero-order valence-electron chi connectivity index (χ0n) is 25.1. The molecule has 4 fully saturated rings. The van der Waals surface area contributed by atoms with Crippen LogP contribution in [0.2, 0.25) is 0 Å². The number of likely N-dealkylation sites (tertiary alicyclic amines) is 1. The number of ether oxygens (including phenoxy) is 1. The Morgan fingerprint density at radius 3 is 2.57 bits per heavy atom. The molecule has 3 heterocycles. The van der Waals surface area contributed by atoms with E-state index in [0.29, 0.717) is 17.2 Å². The predicted octanol–water partition coefficient (Wildman–Crippen LogP) is 5.41. The van der Waals surface area contributed by atoms with Gasteiger partial charge in [0.15, 0.2) is 5.82 Å². The molecule has 4 aromatic rings. The van der Waals surface area contributed by atoms with Gasteiger partial charge in [0, 0.05) is 68.0 Å². The fraction of sp³-hybridized carbons (Fsp3) is 0.529. The summed E-state index contributed by atoms with van der Waals surface area (Å²) in [5.74, 6) is 3.67. The Morgan fingerprint density at radius 1 is 1.07 bits per heavy atom. The summed E-state index contributed by atoms with van der Waals surface area (Å²) in [6, 6.07) is 13.3. The van der Waals surface area contributed by atoms with Gasteiger partial charge >= 0.3 is 0 Å². The lowest BCUT2D eigenvalue weighted by molar-refractivity contribution is 0.0700. The van der Waals surface area contributed by atoms with E-state index in [9.17, 15) is 4.79 Å². The molecule has 8 nitrogen and oxygen atoms in total. The second-order valence-corrected chi connectivity index (χ2v) is 13.5. The van der Waals surface area contributed by atoms with E-state index in [0.717, 1.165) is 66.9 Å². The van der Waals surface area contributed by atoms with Gasteiger partial charge in [0.25, 0.3) is 5.91 Å². The Hall–Kier alpha value is -3.52. The number of nitrogens with two attached hydrogens (primary N) is 1.